The highest BCUT2D eigenvalue weighted by Gasteiger charge is 2.08. The molecule has 0 unspecified atom stereocenters. The predicted octanol–water partition coefficient (Wildman–Crippen LogP) is 2.35. The molecule has 0 spiro atoms. The van der Waals surface area contributed by atoms with E-state index >= 15 is 0 Å². The molecule has 0 atom stereocenters. The standard InChI is InChI=1S/C18H15N3O3/c19-17(22)11-24-15-6-3-5-13(9-15)18(23)21-14-8-12-4-1-2-7-16(12)20-10-14/h1-10H,11H2,(H2,19,22)(H,21,23). The molecule has 1 aromatic heterocycles. The first kappa shape index (κ1) is 15.5. The molecule has 0 saturated carbocycles. The van der Waals surface area contributed by atoms with Crippen LogP contribution in [0, 0.1) is 0 Å². The summed E-state index contributed by atoms with van der Waals surface area (Å²) in [5, 5.41) is 3.73. The van der Waals surface area contributed by atoms with E-state index in [1.165, 1.54) is 0 Å². The van der Waals surface area contributed by atoms with E-state index < -0.39 is 5.91 Å². The zero-order valence-corrected chi connectivity index (χ0v) is 12.7. The molecule has 2 amide bonds. The fourth-order valence-electron chi connectivity index (χ4n) is 2.22. The van der Waals surface area contributed by atoms with Gasteiger partial charge in [-0.05, 0) is 30.3 Å². The third-order valence-electron chi connectivity index (χ3n) is 3.33. The molecular formula is C18H15N3O3. The number of amides is 2. The second kappa shape index (κ2) is 6.78. The van der Waals surface area contributed by atoms with Crippen LogP contribution in [-0.4, -0.2) is 23.4 Å². The van der Waals surface area contributed by atoms with Gasteiger partial charge in [-0.2, -0.15) is 0 Å². The first-order chi connectivity index (χ1) is 11.6. The number of hydrogen-bond donors (Lipinski definition) is 2. The van der Waals surface area contributed by atoms with Gasteiger partial charge in [-0.25, -0.2) is 0 Å². The predicted molar refractivity (Wildman–Crippen MR) is 90.8 cm³/mol. The van der Waals surface area contributed by atoms with Gasteiger partial charge in [0.1, 0.15) is 5.75 Å². The van der Waals surface area contributed by atoms with E-state index in [9.17, 15) is 9.59 Å². The van der Waals surface area contributed by atoms with Gasteiger partial charge in [0.15, 0.2) is 6.61 Å². The van der Waals surface area contributed by atoms with Crippen LogP contribution in [0.4, 0.5) is 5.69 Å². The van der Waals surface area contributed by atoms with Crippen LogP contribution in [0.15, 0.2) is 60.8 Å². The molecule has 0 aliphatic heterocycles. The summed E-state index contributed by atoms with van der Waals surface area (Å²) in [5.41, 5.74) is 6.90. The third kappa shape index (κ3) is 3.67. The van der Waals surface area contributed by atoms with Gasteiger partial charge >= 0.3 is 0 Å². The lowest BCUT2D eigenvalue weighted by molar-refractivity contribution is -0.119. The lowest BCUT2D eigenvalue weighted by Gasteiger charge is -2.08. The maximum absolute atomic E-state index is 12.4. The highest BCUT2D eigenvalue weighted by Crippen LogP contribution is 2.18. The minimum atomic E-state index is -0.577. The summed E-state index contributed by atoms with van der Waals surface area (Å²) < 4.78 is 5.20. The molecule has 3 aromatic rings. The first-order valence-corrected chi connectivity index (χ1v) is 7.29. The lowest BCUT2D eigenvalue weighted by atomic mass is 10.2. The van der Waals surface area contributed by atoms with Crippen molar-refractivity contribution in [1.82, 2.24) is 4.98 Å². The number of nitrogens with zero attached hydrogens (tertiary/aromatic N) is 1. The van der Waals surface area contributed by atoms with Crippen molar-refractivity contribution in [2.75, 3.05) is 11.9 Å². The van der Waals surface area contributed by atoms with Crippen molar-refractivity contribution in [2.24, 2.45) is 5.73 Å². The number of anilines is 1. The van der Waals surface area contributed by atoms with Crippen molar-refractivity contribution in [2.45, 2.75) is 0 Å². The number of fused-ring (bicyclic) bond motifs is 1. The Hall–Kier alpha value is -3.41. The summed E-state index contributed by atoms with van der Waals surface area (Å²) in [4.78, 5) is 27.4. The highest BCUT2D eigenvalue weighted by atomic mass is 16.5. The normalized spacial score (nSPS) is 10.3. The minimum absolute atomic E-state index is 0.236. The van der Waals surface area contributed by atoms with Crippen molar-refractivity contribution in [3.8, 4) is 5.75 Å². The maximum atomic E-state index is 12.4. The topological polar surface area (TPSA) is 94.3 Å². The zero-order valence-electron chi connectivity index (χ0n) is 12.7. The molecule has 0 bridgehead atoms. The van der Waals surface area contributed by atoms with E-state index in [4.69, 9.17) is 10.5 Å². The molecule has 3 rings (SSSR count). The van der Waals surface area contributed by atoms with Gasteiger partial charge < -0.3 is 15.8 Å². The largest absolute Gasteiger partial charge is 0.484 e. The summed E-state index contributed by atoms with van der Waals surface area (Å²) in [6.07, 6.45) is 1.60. The molecule has 0 fully saturated rings. The van der Waals surface area contributed by atoms with Crippen LogP contribution in [0.1, 0.15) is 10.4 Å². The summed E-state index contributed by atoms with van der Waals surface area (Å²) in [5.74, 6) is -0.471. The molecule has 0 aliphatic rings. The molecule has 6 heteroatoms. The van der Waals surface area contributed by atoms with Crippen molar-refractivity contribution in [1.29, 1.82) is 0 Å². The second-order valence-electron chi connectivity index (χ2n) is 5.15. The SMILES string of the molecule is NC(=O)COc1cccc(C(=O)Nc2cnc3ccccc3c2)c1. The summed E-state index contributed by atoms with van der Waals surface area (Å²) >= 11 is 0. The Bertz CT molecular complexity index is 909. The number of carbonyl (C=O) groups is 2. The van der Waals surface area contributed by atoms with E-state index in [0.29, 0.717) is 17.0 Å². The van der Waals surface area contributed by atoms with Crippen LogP contribution in [0.2, 0.25) is 0 Å². The Morgan fingerprint density at radius 3 is 2.75 bits per heavy atom. The monoisotopic (exact) mass is 321 g/mol. The molecule has 120 valence electrons. The average molecular weight is 321 g/mol. The molecule has 24 heavy (non-hydrogen) atoms. The number of carbonyl (C=O) groups excluding carboxylic acids is 2. The van der Waals surface area contributed by atoms with Crippen LogP contribution in [0.3, 0.4) is 0 Å². The van der Waals surface area contributed by atoms with E-state index in [1.807, 2.05) is 30.3 Å². The van der Waals surface area contributed by atoms with Gasteiger partial charge in [0, 0.05) is 10.9 Å². The number of aromatic nitrogens is 1. The summed E-state index contributed by atoms with van der Waals surface area (Å²) in [6.45, 7) is -0.236. The number of rotatable bonds is 5. The Morgan fingerprint density at radius 2 is 1.92 bits per heavy atom. The Kier molecular flexibility index (Phi) is 4.38. The third-order valence-corrected chi connectivity index (χ3v) is 3.33. The van der Waals surface area contributed by atoms with Gasteiger partial charge in [0.05, 0.1) is 17.4 Å². The van der Waals surface area contributed by atoms with Crippen molar-refractivity contribution < 1.29 is 14.3 Å². The quantitative estimate of drug-likeness (QED) is 0.754. The number of nitrogens with one attached hydrogen (secondary N) is 1. The fourth-order valence-corrected chi connectivity index (χ4v) is 2.22. The zero-order chi connectivity index (χ0) is 16.9. The maximum Gasteiger partial charge on any atom is 0.255 e. The van der Waals surface area contributed by atoms with Crippen LogP contribution in [0.5, 0.6) is 5.75 Å². The Labute approximate surface area is 138 Å². The number of primary amides is 1. The molecule has 2 aromatic carbocycles. The number of benzene rings is 2. The van der Waals surface area contributed by atoms with E-state index in [0.717, 1.165) is 10.9 Å². The number of ether oxygens (including phenoxy) is 1. The van der Waals surface area contributed by atoms with Gasteiger partial charge in [-0.15, -0.1) is 0 Å². The molecule has 0 saturated heterocycles. The number of para-hydroxylation sites is 1. The fraction of sp³-hybridized carbons (Fsp3) is 0.0556. The smallest absolute Gasteiger partial charge is 0.255 e. The van der Waals surface area contributed by atoms with Crippen LogP contribution < -0.4 is 15.8 Å². The van der Waals surface area contributed by atoms with E-state index in [1.54, 1.807) is 30.5 Å². The van der Waals surface area contributed by atoms with E-state index in [2.05, 4.69) is 10.3 Å². The van der Waals surface area contributed by atoms with Gasteiger partial charge in [0.25, 0.3) is 11.8 Å². The minimum Gasteiger partial charge on any atom is -0.484 e. The molecular weight excluding hydrogens is 306 g/mol. The van der Waals surface area contributed by atoms with Gasteiger partial charge in [-0.3, -0.25) is 14.6 Å². The molecule has 1 heterocycles. The number of hydrogen-bond acceptors (Lipinski definition) is 4. The van der Waals surface area contributed by atoms with Crippen LogP contribution in [-0.2, 0) is 4.79 Å². The molecule has 0 aliphatic carbocycles. The van der Waals surface area contributed by atoms with Crippen molar-refractivity contribution >= 4 is 28.4 Å². The first-order valence-electron chi connectivity index (χ1n) is 7.29. The lowest BCUT2D eigenvalue weighted by Crippen LogP contribution is -2.20. The molecule has 6 nitrogen and oxygen atoms in total. The van der Waals surface area contributed by atoms with Gasteiger partial charge in [0.2, 0.25) is 0 Å². The summed E-state index contributed by atoms with van der Waals surface area (Å²) in [6, 6.07) is 16.0. The van der Waals surface area contributed by atoms with E-state index in [-0.39, 0.29) is 12.5 Å². The molecule has 3 N–H and O–H groups in total. The average Bonchev–Trinajstić information content (AvgIpc) is 2.60. The van der Waals surface area contributed by atoms with Crippen LogP contribution >= 0.6 is 0 Å². The number of nitrogens with two attached hydrogens (primary N) is 1. The second-order valence-corrected chi connectivity index (χ2v) is 5.15. The van der Waals surface area contributed by atoms with Crippen molar-refractivity contribution in [3.05, 3.63) is 66.4 Å². The highest BCUT2D eigenvalue weighted by molar-refractivity contribution is 6.05. The van der Waals surface area contributed by atoms with Crippen LogP contribution in [0.25, 0.3) is 10.9 Å². The Balaban J connectivity index is 1.76. The van der Waals surface area contributed by atoms with Gasteiger partial charge in [-0.1, -0.05) is 24.3 Å². The summed E-state index contributed by atoms with van der Waals surface area (Å²) in [7, 11) is 0. The number of pyridine rings is 1. The van der Waals surface area contributed by atoms with Crippen molar-refractivity contribution in [3.63, 3.8) is 0 Å². The molecule has 0 radical (unpaired) electrons. The Morgan fingerprint density at radius 1 is 1.08 bits per heavy atom.